The first kappa shape index (κ1) is 17.3. The topological polar surface area (TPSA) is 46.5 Å². The zero-order chi connectivity index (χ0) is 17.8. The molecule has 2 saturated carbocycles. The van der Waals surface area contributed by atoms with E-state index in [9.17, 15) is 9.90 Å². The molecule has 0 amide bonds. The Balaban J connectivity index is 1.74. The fourth-order valence-electron chi connectivity index (χ4n) is 7.05. The van der Waals surface area contributed by atoms with Crippen LogP contribution in [0.25, 0.3) is 0 Å². The highest BCUT2D eigenvalue weighted by Gasteiger charge is 2.63. The summed E-state index contributed by atoms with van der Waals surface area (Å²) in [6.07, 6.45) is 13.9. The number of hydrogen-bond donors (Lipinski definition) is 1. The van der Waals surface area contributed by atoms with Crippen LogP contribution in [0.15, 0.2) is 11.1 Å². The van der Waals surface area contributed by atoms with E-state index in [1.165, 1.54) is 11.1 Å². The van der Waals surface area contributed by atoms with Crippen LogP contribution < -0.4 is 0 Å². The van der Waals surface area contributed by atoms with E-state index in [0.717, 1.165) is 44.9 Å². The highest BCUT2D eigenvalue weighted by molar-refractivity contribution is 5.83. The number of ether oxygens (including phenoxy) is 1. The molecule has 0 aromatic rings. The van der Waals surface area contributed by atoms with Gasteiger partial charge >= 0.3 is 0 Å². The molecule has 0 bridgehead atoms. The van der Waals surface area contributed by atoms with E-state index in [1.807, 2.05) is 0 Å². The van der Waals surface area contributed by atoms with Crippen molar-refractivity contribution in [3.63, 3.8) is 0 Å². The zero-order valence-electron chi connectivity index (χ0n) is 15.5. The highest BCUT2D eigenvalue weighted by atomic mass is 16.5. The minimum atomic E-state index is -0.947. The predicted octanol–water partition coefficient (Wildman–Crippen LogP) is 3.65. The summed E-state index contributed by atoms with van der Waals surface area (Å²) in [5, 5.41) is 11.2. The molecule has 4 aliphatic rings. The van der Waals surface area contributed by atoms with Gasteiger partial charge in [0.2, 0.25) is 0 Å². The van der Waals surface area contributed by atoms with E-state index < -0.39 is 5.60 Å². The number of aliphatic hydroxyl groups is 1. The quantitative estimate of drug-likeness (QED) is 0.615. The van der Waals surface area contributed by atoms with Crippen LogP contribution in [0.5, 0.6) is 0 Å². The lowest BCUT2D eigenvalue weighted by atomic mass is 9.50. The van der Waals surface area contributed by atoms with Gasteiger partial charge in [-0.15, -0.1) is 6.42 Å². The Labute approximate surface area is 151 Å². The van der Waals surface area contributed by atoms with Gasteiger partial charge in [-0.2, -0.15) is 0 Å². The predicted molar refractivity (Wildman–Crippen MR) is 96.7 cm³/mol. The first-order valence-corrected chi connectivity index (χ1v) is 9.96. The summed E-state index contributed by atoms with van der Waals surface area (Å²) in [6.45, 7) is 2.20. The van der Waals surface area contributed by atoms with Crippen LogP contribution in [-0.4, -0.2) is 29.7 Å². The van der Waals surface area contributed by atoms with Crippen molar-refractivity contribution in [1.29, 1.82) is 0 Å². The average Bonchev–Trinajstić information content (AvgIpc) is 2.94. The third-order valence-corrected chi connectivity index (χ3v) is 8.24. The number of allylic oxidation sites excluding steroid dienone is 1. The third kappa shape index (κ3) is 2.23. The van der Waals surface area contributed by atoms with Crippen molar-refractivity contribution in [1.82, 2.24) is 0 Å². The van der Waals surface area contributed by atoms with Crippen LogP contribution in [-0.2, 0) is 9.53 Å². The molecule has 6 atom stereocenters. The summed E-state index contributed by atoms with van der Waals surface area (Å²) < 4.78 is 5.84. The van der Waals surface area contributed by atoms with Crippen LogP contribution >= 0.6 is 0 Å². The molecule has 0 aromatic carbocycles. The van der Waals surface area contributed by atoms with E-state index in [2.05, 4.69) is 12.8 Å². The van der Waals surface area contributed by atoms with E-state index in [1.54, 1.807) is 7.11 Å². The number of carbonyl (C=O) groups is 1. The Morgan fingerprint density at radius 3 is 2.76 bits per heavy atom. The van der Waals surface area contributed by atoms with Crippen LogP contribution in [0.2, 0.25) is 0 Å². The minimum absolute atomic E-state index is 0.0766. The lowest BCUT2D eigenvalue weighted by molar-refractivity contribution is -0.120. The zero-order valence-corrected chi connectivity index (χ0v) is 15.5. The molecule has 0 aromatic heterocycles. The molecule has 3 heteroatoms. The molecule has 2 fully saturated rings. The Morgan fingerprint density at radius 1 is 1.28 bits per heavy atom. The second kappa shape index (κ2) is 5.96. The summed E-state index contributed by atoms with van der Waals surface area (Å²) in [5.74, 6) is 4.72. The first-order valence-electron chi connectivity index (χ1n) is 9.96. The molecule has 0 aliphatic heterocycles. The average molecular weight is 342 g/mol. The molecule has 1 N–H and O–H groups in total. The summed E-state index contributed by atoms with van der Waals surface area (Å²) in [6, 6.07) is 0. The third-order valence-electron chi connectivity index (χ3n) is 8.24. The van der Waals surface area contributed by atoms with Crippen molar-refractivity contribution in [3.05, 3.63) is 11.1 Å². The van der Waals surface area contributed by atoms with E-state index in [0.29, 0.717) is 36.4 Å². The smallest absolute Gasteiger partial charge is 0.137 e. The number of methoxy groups -OCH3 is 1. The van der Waals surface area contributed by atoms with Gasteiger partial charge in [-0.1, -0.05) is 18.4 Å². The fraction of sp³-hybridized carbons (Fsp3) is 0.773. The van der Waals surface area contributed by atoms with Crippen molar-refractivity contribution in [2.45, 2.75) is 76.4 Å². The van der Waals surface area contributed by atoms with Crippen LogP contribution in [0, 0.1) is 35.5 Å². The number of rotatable bonds is 2. The Hall–Kier alpha value is -1.11. The van der Waals surface area contributed by atoms with Gasteiger partial charge in [0.1, 0.15) is 11.4 Å². The Kier molecular flexibility index (Phi) is 4.13. The van der Waals surface area contributed by atoms with Gasteiger partial charge in [-0.25, -0.2) is 0 Å². The molecule has 0 saturated heterocycles. The van der Waals surface area contributed by atoms with Crippen molar-refractivity contribution in [2.24, 2.45) is 23.2 Å². The van der Waals surface area contributed by atoms with Crippen molar-refractivity contribution < 1.29 is 14.6 Å². The molecular weight excluding hydrogens is 312 g/mol. The number of terminal acetylenes is 1. The minimum Gasteiger partial charge on any atom is -0.377 e. The standard InChI is InChI=1S/C22H30O3/c1-4-21-10-8-16-15-7-6-14(23)12-18(15)20(25-3)13-17(16)19(21)9-11-22(21,24)5-2/h2,16-17,19-20,24H,4,6-13H2,1,3H3/t16?,17?,19?,20-,21+,22+/m1/s1. The van der Waals surface area contributed by atoms with E-state index in [-0.39, 0.29) is 11.5 Å². The first-order chi connectivity index (χ1) is 12.0. The van der Waals surface area contributed by atoms with Gasteiger partial charge in [-0.3, -0.25) is 4.79 Å². The van der Waals surface area contributed by atoms with Gasteiger partial charge in [0.25, 0.3) is 0 Å². The number of hydrogen-bond acceptors (Lipinski definition) is 3. The van der Waals surface area contributed by atoms with Crippen molar-refractivity contribution >= 4 is 5.78 Å². The molecule has 3 unspecified atom stereocenters. The van der Waals surface area contributed by atoms with Crippen LogP contribution in [0.4, 0.5) is 0 Å². The van der Waals surface area contributed by atoms with Crippen LogP contribution in [0.3, 0.4) is 0 Å². The van der Waals surface area contributed by atoms with Gasteiger partial charge in [-0.05, 0) is 68.3 Å². The van der Waals surface area contributed by atoms with Crippen LogP contribution in [0.1, 0.15) is 64.7 Å². The molecule has 3 nitrogen and oxygen atoms in total. The largest absolute Gasteiger partial charge is 0.377 e. The lowest BCUT2D eigenvalue weighted by Crippen LogP contribution is -2.53. The molecule has 4 rings (SSSR count). The Morgan fingerprint density at radius 2 is 2.08 bits per heavy atom. The molecule has 0 heterocycles. The lowest BCUT2D eigenvalue weighted by Gasteiger charge is -2.55. The maximum Gasteiger partial charge on any atom is 0.137 e. The van der Waals surface area contributed by atoms with Gasteiger partial charge in [0.15, 0.2) is 0 Å². The van der Waals surface area contributed by atoms with Gasteiger partial charge in [0, 0.05) is 25.4 Å². The fourth-order valence-corrected chi connectivity index (χ4v) is 7.05. The van der Waals surface area contributed by atoms with Crippen molar-refractivity contribution in [3.8, 4) is 12.3 Å². The Bertz CT molecular complexity index is 657. The maximum atomic E-state index is 12.0. The molecule has 0 radical (unpaired) electrons. The molecule has 0 spiro atoms. The molecule has 25 heavy (non-hydrogen) atoms. The SMILES string of the molecule is C#C[C@]1(O)CCC2C3C[C@@H](OC)C4=C(CCC(=O)C4)C3CC[C@@]21CC. The molecule has 136 valence electrons. The molecule has 4 aliphatic carbocycles. The summed E-state index contributed by atoms with van der Waals surface area (Å²) in [4.78, 5) is 12.0. The summed E-state index contributed by atoms with van der Waals surface area (Å²) >= 11 is 0. The van der Waals surface area contributed by atoms with Crippen molar-refractivity contribution in [2.75, 3.05) is 7.11 Å². The second-order valence-electron chi connectivity index (χ2n) is 8.69. The molecular formula is C22H30O3. The number of Topliss-reactive ketones (excluding diaryl/α,β-unsaturated/α-hetero) is 1. The monoisotopic (exact) mass is 342 g/mol. The van der Waals surface area contributed by atoms with Gasteiger partial charge < -0.3 is 9.84 Å². The highest BCUT2D eigenvalue weighted by Crippen LogP contribution is 2.65. The van der Waals surface area contributed by atoms with E-state index in [4.69, 9.17) is 11.2 Å². The normalized spacial score (nSPS) is 46.2. The number of ketones is 1. The van der Waals surface area contributed by atoms with Gasteiger partial charge in [0.05, 0.1) is 6.10 Å². The summed E-state index contributed by atoms with van der Waals surface area (Å²) in [5.41, 5.74) is 1.72. The second-order valence-corrected chi connectivity index (χ2v) is 8.69. The number of carbonyl (C=O) groups excluding carboxylic acids is 1. The van der Waals surface area contributed by atoms with E-state index >= 15 is 0 Å². The maximum absolute atomic E-state index is 12.0. The summed E-state index contributed by atoms with van der Waals surface area (Å²) in [7, 11) is 1.77. The number of fused-ring (bicyclic) bond motifs is 4.